The topological polar surface area (TPSA) is 33.7 Å². The molecule has 0 aromatic carbocycles. The summed E-state index contributed by atoms with van der Waals surface area (Å²) in [6, 6.07) is 0.413. The van der Waals surface area contributed by atoms with Crippen LogP contribution in [0, 0.1) is 0 Å². The smallest absolute Gasteiger partial charge is 0.0630 e. The predicted octanol–water partition coefficient (Wildman–Crippen LogP) is 1.36. The minimum absolute atomic E-state index is 0.152. The molecule has 4 nitrogen and oxygen atoms in total. The molecule has 17 heavy (non-hydrogen) atoms. The van der Waals surface area contributed by atoms with E-state index in [4.69, 9.17) is 9.47 Å². The molecule has 0 aliphatic rings. The van der Waals surface area contributed by atoms with Crippen LogP contribution in [0.1, 0.15) is 27.2 Å². The fourth-order valence-electron chi connectivity index (χ4n) is 1.60. The van der Waals surface area contributed by atoms with Gasteiger partial charge in [-0.1, -0.05) is 0 Å². The molecule has 0 rings (SSSR count). The summed E-state index contributed by atoms with van der Waals surface area (Å²) in [5.74, 6) is 0. The van der Waals surface area contributed by atoms with Gasteiger partial charge in [0.2, 0.25) is 0 Å². The van der Waals surface area contributed by atoms with Crippen LogP contribution in [0.3, 0.4) is 0 Å². The van der Waals surface area contributed by atoms with Gasteiger partial charge in [-0.25, -0.2) is 0 Å². The fourth-order valence-corrected chi connectivity index (χ4v) is 1.60. The van der Waals surface area contributed by atoms with Crippen LogP contribution in [0.2, 0.25) is 0 Å². The summed E-state index contributed by atoms with van der Waals surface area (Å²) in [5.41, 5.74) is 0.152. The molecular weight excluding hydrogens is 216 g/mol. The average molecular weight is 246 g/mol. The normalized spacial score (nSPS) is 14.3. The van der Waals surface area contributed by atoms with Crippen LogP contribution < -0.4 is 5.32 Å². The van der Waals surface area contributed by atoms with Crippen molar-refractivity contribution in [1.29, 1.82) is 0 Å². The van der Waals surface area contributed by atoms with Crippen LogP contribution in [0.25, 0.3) is 0 Å². The SMILES string of the molecule is COCCCN(C)C(CNC(C)(C)C)COC. The Bertz CT molecular complexity index is 181. The van der Waals surface area contributed by atoms with E-state index in [1.165, 1.54) is 0 Å². The van der Waals surface area contributed by atoms with Gasteiger partial charge in [-0.15, -0.1) is 0 Å². The number of hydrogen-bond acceptors (Lipinski definition) is 4. The lowest BCUT2D eigenvalue weighted by Crippen LogP contribution is -2.48. The molecule has 0 radical (unpaired) electrons. The number of ether oxygens (including phenoxy) is 2. The van der Waals surface area contributed by atoms with Crippen molar-refractivity contribution in [1.82, 2.24) is 10.2 Å². The molecule has 104 valence electrons. The molecule has 1 atom stereocenters. The summed E-state index contributed by atoms with van der Waals surface area (Å²) < 4.78 is 10.4. The average Bonchev–Trinajstić information content (AvgIpc) is 2.23. The Morgan fingerprint density at radius 2 is 1.82 bits per heavy atom. The molecular formula is C13H30N2O2. The molecule has 1 unspecified atom stereocenters. The Hall–Kier alpha value is -0.160. The summed E-state index contributed by atoms with van der Waals surface area (Å²) in [6.45, 7) is 10.1. The lowest BCUT2D eigenvalue weighted by molar-refractivity contribution is 0.0932. The Balaban J connectivity index is 4.02. The largest absolute Gasteiger partial charge is 0.385 e. The minimum Gasteiger partial charge on any atom is -0.385 e. The van der Waals surface area contributed by atoms with Crippen molar-refractivity contribution in [3.05, 3.63) is 0 Å². The molecule has 0 amide bonds. The van der Waals surface area contributed by atoms with E-state index in [1.807, 2.05) is 0 Å². The molecule has 0 heterocycles. The van der Waals surface area contributed by atoms with E-state index < -0.39 is 0 Å². The van der Waals surface area contributed by atoms with Crippen LogP contribution >= 0.6 is 0 Å². The van der Waals surface area contributed by atoms with Crippen molar-refractivity contribution >= 4 is 0 Å². The molecule has 0 aromatic rings. The monoisotopic (exact) mass is 246 g/mol. The summed E-state index contributed by atoms with van der Waals surface area (Å²) >= 11 is 0. The van der Waals surface area contributed by atoms with Gasteiger partial charge in [-0.3, -0.25) is 4.90 Å². The summed E-state index contributed by atoms with van der Waals surface area (Å²) in [4.78, 5) is 2.33. The van der Waals surface area contributed by atoms with Crippen molar-refractivity contribution in [2.24, 2.45) is 0 Å². The van der Waals surface area contributed by atoms with Crippen LogP contribution in [0.5, 0.6) is 0 Å². The first kappa shape index (κ1) is 16.8. The second-order valence-electron chi connectivity index (χ2n) is 5.57. The van der Waals surface area contributed by atoms with E-state index in [1.54, 1.807) is 14.2 Å². The van der Waals surface area contributed by atoms with Gasteiger partial charge in [0.05, 0.1) is 6.61 Å². The maximum Gasteiger partial charge on any atom is 0.0630 e. The fraction of sp³-hybridized carbons (Fsp3) is 1.00. The highest BCUT2D eigenvalue weighted by molar-refractivity contribution is 4.77. The standard InChI is InChI=1S/C13H30N2O2/c1-13(2,3)14-10-12(11-17-6)15(4)8-7-9-16-5/h12,14H,7-11H2,1-6H3. The third kappa shape index (κ3) is 9.53. The highest BCUT2D eigenvalue weighted by Gasteiger charge is 2.17. The maximum absolute atomic E-state index is 5.28. The second kappa shape index (κ2) is 8.86. The predicted molar refractivity (Wildman–Crippen MR) is 72.5 cm³/mol. The summed E-state index contributed by atoms with van der Waals surface area (Å²) in [6.07, 6.45) is 1.06. The van der Waals surface area contributed by atoms with E-state index >= 15 is 0 Å². The second-order valence-corrected chi connectivity index (χ2v) is 5.57. The van der Waals surface area contributed by atoms with Crippen LogP contribution in [-0.2, 0) is 9.47 Å². The zero-order valence-corrected chi connectivity index (χ0v) is 12.4. The zero-order valence-electron chi connectivity index (χ0n) is 12.4. The first-order valence-corrected chi connectivity index (χ1v) is 6.34. The van der Waals surface area contributed by atoms with E-state index in [0.717, 1.165) is 32.7 Å². The van der Waals surface area contributed by atoms with Crippen molar-refractivity contribution in [2.75, 3.05) is 47.6 Å². The van der Waals surface area contributed by atoms with Gasteiger partial charge >= 0.3 is 0 Å². The summed E-state index contributed by atoms with van der Waals surface area (Å²) in [7, 11) is 5.64. The molecule has 0 bridgehead atoms. The number of nitrogens with one attached hydrogen (secondary N) is 1. The van der Waals surface area contributed by atoms with E-state index in [2.05, 4.69) is 38.0 Å². The summed E-state index contributed by atoms with van der Waals surface area (Å²) in [5, 5.41) is 3.53. The van der Waals surface area contributed by atoms with Crippen LogP contribution in [0.4, 0.5) is 0 Å². The Labute approximate surface area is 107 Å². The quantitative estimate of drug-likeness (QED) is 0.623. The highest BCUT2D eigenvalue weighted by Crippen LogP contribution is 2.03. The zero-order chi connectivity index (χ0) is 13.3. The minimum atomic E-state index is 0.152. The molecule has 1 N–H and O–H groups in total. The molecule has 0 saturated carbocycles. The number of likely N-dealkylation sites (N-methyl/N-ethyl adjacent to an activating group) is 1. The maximum atomic E-state index is 5.28. The van der Waals surface area contributed by atoms with Crippen molar-refractivity contribution in [3.63, 3.8) is 0 Å². The molecule has 0 saturated heterocycles. The Morgan fingerprint density at radius 1 is 1.18 bits per heavy atom. The Kier molecular flexibility index (Phi) is 8.78. The van der Waals surface area contributed by atoms with Gasteiger partial charge in [-0.05, 0) is 34.2 Å². The van der Waals surface area contributed by atoms with Crippen molar-refractivity contribution in [2.45, 2.75) is 38.8 Å². The lowest BCUT2D eigenvalue weighted by Gasteiger charge is -2.31. The molecule has 0 aliphatic heterocycles. The molecule has 0 spiro atoms. The van der Waals surface area contributed by atoms with Gasteiger partial charge in [0.1, 0.15) is 0 Å². The van der Waals surface area contributed by atoms with Gasteiger partial charge < -0.3 is 14.8 Å². The molecule has 0 aliphatic carbocycles. The van der Waals surface area contributed by atoms with E-state index in [9.17, 15) is 0 Å². The van der Waals surface area contributed by atoms with Crippen molar-refractivity contribution < 1.29 is 9.47 Å². The molecule has 0 fully saturated rings. The van der Waals surface area contributed by atoms with Crippen LogP contribution in [0.15, 0.2) is 0 Å². The number of nitrogens with zero attached hydrogens (tertiary/aromatic N) is 1. The van der Waals surface area contributed by atoms with Crippen LogP contribution in [-0.4, -0.2) is 64.1 Å². The third-order valence-electron chi connectivity index (χ3n) is 2.71. The highest BCUT2D eigenvalue weighted by atomic mass is 16.5. The first-order valence-electron chi connectivity index (χ1n) is 6.34. The van der Waals surface area contributed by atoms with E-state index in [-0.39, 0.29) is 5.54 Å². The van der Waals surface area contributed by atoms with Crippen molar-refractivity contribution in [3.8, 4) is 0 Å². The lowest BCUT2D eigenvalue weighted by atomic mass is 10.1. The van der Waals surface area contributed by atoms with Gasteiger partial charge in [-0.2, -0.15) is 0 Å². The van der Waals surface area contributed by atoms with E-state index in [0.29, 0.717) is 6.04 Å². The molecule has 4 heteroatoms. The molecule has 0 aromatic heterocycles. The first-order chi connectivity index (χ1) is 7.90. The van der Waals surface area contributed by atoms with Gasteiger partial charge in [0.15, 0.2) is 0 Å². The third-order valence-corrected chi connectivity index (χ3v) is 2.71. The van der Waals surface area contributed by atoms with Gasteiger partial charge in [0, 0.05) is 45.5 Å². The number of rotatable bonds is 9. The number of hydrogen-bond donors (Lipinski definition) is 1. The Morgan fingerprint density at radius 3 is 2.29 bits per heavy atom. The number of methoxy groups -OCH3 is 2. The van der Waals surface area contributed by atoms with Gasteiger partial charge in [0.25, 0.3) is 0 Å².